The lowest BCUT2D eigenvalue weighted by atomic mass is 10.2. The summed E-state index contributed by atoms with van der Waals surface area (Å²) in [7, 11) is 0. The lowest BCUT2D eigenvalue weighted by molar-refractivity contribution is 0.526. The molecule has 0 aliphatic carbocycles. The Labute approximate surface area is 118 Å². The SMILES string of the molecule is CCCn1nnnc1Cn1cc(CNCC(C)C)nn1. The van der Waals surface area contributed by atoms with Crippen molar-refractivity contribution in [3.8, 4) is 0 Å². The van der Waals surface area contributed by atoms with Crippen LogP contribution in [0.2, 0.25) is 0 Å². The highest BCUT2D eigenvalue weighted by Gasteiger charge is 2.08. The van der Waals surface area contributed by atoms with Gasteiger partial charge in [-0.05, 0) is 29.3 Å². The normalized spacial score (nSPS) is 11.4. The van der Waals surface area contributed by atoms with Gasteiger partial charge in [-0.3, -0.25) is 0 Å². The number of nitrogens with zero attached hydrogens (tertiary/aromatic N) is 7. The second-order valence-corrected chi connectivity index (χ2v) is 5.25. The van der Waals surface area contributed by atoms with E-state index in [4.69, 9.17) is 0 Å². The van der Waals surface area contributed by atoms with Crippen LogP contribution in [0.15, 0.2) is 6.20 Å². The van der Waals surface area contributed by atoms with Crippen LogP contribution in [0.1, 0.15) is 38.7 Å². The summed E-state index contributed by atoms with van der Waals surface area (Å²) in [6.07, 6.45) is 2.93. The molecule has 0 amide bonds. The molecule has 0 spiro atoms. The molecule has 0 unspecified atom stereocenters. The molecule has 0 aliphatic rings. The quantitative estimate of drug-likeness (QED) is 0.755. The number of rotatable bonds is 8. The van der Waals surface area contributed by atoms with Gasteiger partial charge in [0.15, 0.2) is 5.82 Å². The van der Waals surface area contributed by atoms with Gasteiger partial charge in [-0.15, -0.1) is 10.2 Å². The molecule has 0 saturated carbocycles. The monoisotopic (exact) mass is 278 g/mol. The van der Waals surface area contributed by atoms with Gasteiger partial charge in [0.25, 0.3) is 0 Å². The Bertz CT molecular complexity index is 515. The molecule has 0 saturated heterocycles. The van der Waals surface area contributed by atoms with E-state index in [0.717, 1.165) is 37.6 Å². The van der Waals surface area contributed by atoms with Crippen LogP contribution >= 0.6 is 0 Å². The molecule has 8 heteroatoms. The first-order valence-corrected chi connectivity index (χ1v) is 7.03. The second-order valence-electron chi connectivity index (χ2n) is 5.25. The molecular formula is C12H22N8. The minimum Gasteiger partial charge on any atom is -0.311 e. The van der Waals surface area contributed by atoms with Gasteiger partial charge < -0.3 is 5.32 Å². The van der Waals surface area contributed by atoms with Gasteiger partial charge in [-0.2, -0.15) is 0 Å². The van der Waals surface area contributed by atoms with Crippen LogP contribution in [0.3, 0.4) is 0 Å². The van der Waals surface area contributed by atoms with Crippen LogP contribution in [0.5, 0.6) is 0 Å². The Morgan fingerprint density at radius 1 is 1.25 bits per heavy atom. The molecule has 0 aromatic carbocycles. The van der Waals surface area contributed by atoms with E-state index in [-0.39, 0.29) is 0 Å². The predicted octanol–water partition coefficient (Wildman–Crippen LogP) is 0.468. The lowest BCUT2D eigenvalue weighted by Crippen LogP contribution is -2.19. The molecule has 0 fully saturated rings. The van der Waals surface area contributed by atoms with Crippen LogP contribution < -0.4 is 5.32 Å². The summed E-state index contributed by atoms with van der Waals surface area (Å²) in [6.45, 7) is 9.53. The maximum atomic E-state index is 4.14. The van der Waals surface area contributed by atoms with Crippen molar-refractivity contribution < 1.29 is 0 Å². The molecule has 8 nitrogen and oxygen atoms in total. The fraction of sp³-hybridized carbons (Fsp3) is 0.750. The second kappa shape index (κ2) is 7.09. The van der Waals surface area contributed by atoms with Crippen molar-refractivity contribution in [3.05, 3.63) is 17.7 Å². The third-order valence-corrected chi connectivity index (χ3v) is 2.79. The smallest absolute Gasteiger partial charge is 0.172 e. The third kappa shape index (κ3) is 4.09. The highest BCUT2D eigenvalue weighted by Crippen LogP contribution is 2.00. The first-order chi connectivity index (χ1) is 9.69. The van der Waals surface area contributed by atoms with Crippen LogP contribution in [-0.2, 0) is 19.6 Å². The number of aryl methyl sites for hydroxylation is 1. The highest BCUT2D eigenvalue weighted by atomic mass is 15.6. The maximum Gasteiger partial charge on any atom is 0.172 e. The Morgan fingerprint density at radius 3 is 2.85 bits per heavy atom. The summed E-state index contributed by atoms with van der Waals surface area (Å²) in [4.78, 5) is 0. The molecule has 0 atom stereocenters. The zero-order valence-electron chi connectivity index (χ0n) is 12.3. The van der Waals surface area contributed by atoms with Gasteiger partial charge in [0.05, 0.1) is 11.9 Å². The molecule has 20 heavy (non-hydrogen) atoms. The van der Waals surface area contributed by atoms with E-state index >= 15 is 0 Å². The van der Waals surface area contributed by atoms with Gasteiger partial charge in [-0.1, -0.05) is 26.0 Å². The lowest BCUT2D eigenvalue weighted by Gasteiger charge is -2.04. The average molecular weight is 278 g/mol. The molecular weight excluding hydrogens is 256 g/mol. The van der Waals surface area contributed by atoms with Crippen molar-refractivity contribution in [1.29, 1.82) is 0 Å². The largest absolute Gasteiger partial charge is 0.311 e. The van der Waals surface area contributed by atoms with E-state index in [1.54, 1.807) is 9.36 Å². The summed E-state index contributed by atoms with van der Waals surface area (Å²) < 4.78 is 3.57. The standard InChI is InChI=1S/C12H22N8/c1-4-5-20-12(15-16-18-20)9-19-8-11(14-17-19)7-13-6-10(2)3/h8,10,13H,4-7,9H2,1-3H3. The maximum absolute atomic E-state index is 4.14. The van der Waals surface area contributed by atoms with Crippen LogP contribution in [0.4, 0.5) is 0 Å². The zero-order valence-corrected chi connectivity index (χ0v) is 12.3. The van der Waals surface area contributed by atoms with E-state index < -0.39 is 0 Å². The molecule has 0 radical (unpaired) electrons. The average Bonchev–Trinajstić information content (AvgIpc) is 3.01. The number of tetrazole rings is 1. The van der Waals surface area contributed by atoms with E-state index in [2.05, 4.69) is 51.9 Å². The highest BCUT2D eigenvalue weighted by molar-refractivity contribution is 4.93. The van der Waals surface area contributed by atoms with Crippen molar-refractivity contribution in [2.75, 3.05) is 6.54 Å². The summed E-state index contributed by atoms with van der Waals surface area (Å²) in [5.41, 5.74) is 0.931. The summed E-state index contributed by atoms with van der Waals surface area (Å²) in [5, 5.41) is 23.3. The zero-order chi connectivity index (χ0) is 14.4. The number of aromatic nitrogens is 7. The van der Waals surface area contributed by atoms with Gasteiger partial charge >= 0.3 is 0 Å². The number of hydrogen-bond acceptors (Lipinski definition) is 6. The molecule has 2 heterocycles. The fourth-order valence-corrected chi connectivity index (χ4v) is 1.85. The van der Waals surface area contributed by atoms with Gasteiger partial charge in [-0.25, -0.2) is 9.36 Å². The first-order valence-electron chi connectivity index (χ1n) is 7.03. The van der Waals surface area contributed by atoms with Gasteiger partial charge in [0, 0.05) is 13.1 Å². The Morgan fingerprint density at radius 2 is 2.10 bits per heavy atom. The Kier molecular flexibility index (Phi) is 5.16. The fourth-order valence-electron chi connectivity index (χ4n) is 1.85. The van der Waals surface area contributed by atoms with Crippen LogP contribution in [0.25, 0.3) is 0 Å². The minimum atomic E-state index is 0.546. The topological polar surface area (TPSA) is 86.3 Å². The molecule has 0 bridgehead atoms. The number of hydrogen-bond donors (Lipinski definition) is 1. The minimum absolute atomic E-state index is 0.546. The van der Waals surface area contributed by atoms with Crippen molar-refractivity contribution >= 4 is 0 Å². The summed E-state index contributed by atoms with van der Waals surface area (Å²) >= 11 is 0. The van der Waals surface area contributed by atoms with E-state index in [9.17, 15) is 0 Å². The van der Waals surface area contributed by atoms with E-state index in [1.807, 2.05) is 6.20 Å². The van der Waals surface area contributed by atoms with Crippen molar-refractivity contribution in [1.82, 2.24) is 40.5 Å². The molecule has 110 valence electrons. The molecule has 2 aromatic rings. The van der Waals surface area contributed by atoms with Crippen molar-refractivity contribution in [2.24, 2.45) is 5.92 Å². The molecule has 2 aromatic heterocycles. The Balaban J connectivity index is 1.90. The van der Waals surface area contributed by atoms with E-state index in [1.165, 1.54) is 0 Å². The first kappa shape index (κ1) is 14.6. The third-order valence-electron chi connectivity index (χ3n) is 2.79. The molecule has 2 rings (SSSR count). The van der Waals surface area contributed by atoms with Crippen molar-refractivity contribution in [3.63, 3.8) is 0 Å². The van der Waals surface area contributed by atoms with Crippen LogP contribution in [-0.4, -0.2) is 41.7 Å². The Hall–Kier alpha value is -1.83. The summed E-state index contributed by atoms with van der Waals surface area (Å²) in [6, 6.07) is 0. The van der Waals surface area contributed by atoms with E-state index in [0.29, 0.717) is 12.5 Å². The summed E-state index contributed by atoms with van der Waals surface area (Å²) in [5.74, 6) is 1.43. The van der Waals surface area contributed by atoms with Crippen molar-refractivity contribution in [2.45, 2.75) is 46.8 Å². The molecule has 1 N–H and O–H groups in total. The van der Waals surface area contributed by atoms with Crippen LogP contribution in [0, 0.1) is 5.92 Å². The van der Waals surface area contributed by atoms with Gasteiger partial charge in [0.1, 0.15) is 6.54 Å². The molecule has 0 aliphatic heterocycles. The van der Waals surface area contributed by atoms with Gasteiger partial charge in [0.2, 0.25) is 0 Å². The number of nitrogens with one attached hydrogen (secondary N) is 1. The predicted molar refractivity (Wildman–Crippen MR) is 73.8 cm³/mol.